The summed E-state index contributed by atoms with van der Waals surface area (Å²) in [6.07, 6.45) is 3.78. The third kappa shape index (κ3) is 11.2. The van der Waals surface area contributed by atoms with Gasteiger partial charge in [0.15, 0.2) is 5.82 Å². The Balaban J connectivity index is 1.23. The Morgan fingerprint density at radius 1 is 1.04 bits per heavy atom. The van der Waals surface area contributed by atoms with Crippen molar-refractivity contribution in [2.75, 3.05) is 50.1 Å². The number of phosphoric ester groups is 1. The number of halogens is 1. The second-order valence-corrected chi connectivity index (χ2v) is 11.6. The molecule has 0 fully saturated rings. The molecule has 0 aliphatic rings. The molecule has 13 nitrogen and oxygen atoms in total. The van der Waals surface area contributed by atoms with Crippen LogP contribution < -0.4 is 15.4 Å². The van der Waals surface area contributed by atoms with Crippen LogP contribution in [0.3, 0.4) is 0 Å². The van der Waals surface area contributed by atoms with Gasteiger partial charge in [-0.3, -0.25) is 18.9 Å². The minimum atomic E-state index is -4.02. The van der Waals surface area contributed by atoms with Gasteiger partial charge in [0, 0.05) is 42.0 Å². The van der Waals surface area contributed by atoms with Gasteiger partial charge in [-0.1, -0.05) is 26.3 Å². The normalized spacial score (nSPS) is 12.7. The van der Waals surface area contributed by atoms with Crippen LogP contribution in [0.1, 0.15) is 38.8 Å². The number of phosphoric acid groups is 1. The standard InChI is InChI=1S/C30H39FN7O6P/c1-3-5-15-43-45(40,41)44-16-13-38(4-2)12-7-14-42-25-10-11-26-27(20-25)32-21-33-30(26)35-28-18-24(36-37-28)19-29(39)34-23-9-6-8-22(31)17-23/h6,8-11,17-18,20-21H,3-5,7,12-16,19H2,1-2H3,(H,34,39)(H,40,41)(H2,32,33,35,36,37). The first kappa shape index (κ1) is 33.9. The number of aromatic nitrogens is 4. The van der Waals surface area contributed by atoms with Crippen molar-refractivity contribution < 1.29 is 32.4 Å². The van der Waals surface area contributed by atoms with Crippen LogP contribution >= 0.6 is 7.82 Å². The van der Waals surface area contributed by atoms with Crippen LogP contribution in [-0.2, 0) is 24.8 Å². The summed E-state index contributed by atoms with van der Waals surface area (Å²) >= 11 is 0. The average molecular weight is 644 g/mol. The van der Waals surface area contributed by atoms with Crippen LogP contribution in [0.2, 0.25) is 0 Å². The Bertz CT molecular complexity index is 1590. The fourth-order valence-corrected chi connectivity index (χ4v) is 5.11. The van der Waals surface area contributed by atoms with Gasteiger partial charge in [-0.05, 0) is 49.7 Å². The molecule has 0 aliphatic heterocycles. The minimum absolute atomic E-state index is 0.0268. The molecule has 2 aromatic heterocycles. The van der Waals surface area contributed by atoms with E-state index < -0.39 is 13.6 Å². The van der Waals surface area contributed by atoms with Crippen molar-refractivity contribution in [3.63, 3.8) is 0 Å². The van der Waals surface area contributed by atoms with Gasteiger partial charge in [-0.25, -0.2) is 18.9 Å². The number of nitrogens with one attached hydrogen (secondary N) is 3. The molecule has 0 aliphatic carbocycles. The second-order valence-electron chi connectivity index (χ2n) is 10.2. The van der Waals surface area contributed by atoms with Crippen molar-refractivity contribution in [3.05, 3.63) is 66.4 Å². The van der Waals surface area contributed by atoms with Crippen molar-refractivity contribution in [2.45, 2.75) is 39.5 Å². The maximum Gasteiger partial charge on any atom is 0.472 e. The first-order valence-electron chi connectivity index (χ1n) is 14.8. The molecule has 4 N–H and O–H groups in total. The van der Waals surface area contributed by atoms with Gasteiger partial charge in [0.1, 0.15) is 23.7 Å². The first-order valence-corrected chi connectivity index (χ1v) is 16.3. The summed E-state index contributed by atoms with van der Waals surface area (Å²) < 4.78 is 41.3. The number of aromatic amines is 1. The van der Waals surface area contributed by atoms with E-state index in [1.807, 2.05) is 32.0 Å². The lowest BCUT2D eigenvalue weighted by molar-refractivity contribution is -0.115. The van der Waals surface area contributed by atoms with Crippen LogP contribution in [0.4, 0.5) is 21.7 Å². The van der Waals surface area contributed by atoms with Crippen LogP contribution in [0, 0.1) is 5.82 Å². The monoisotopic (exact) mass is 643 g/mol. The maximum absolute atomic E-state index is 13.4. The molecule has 0 radical (unpaired) electrons. The van der Waals surface area contributed by atoms with Gasteiger partial charge in [-0.2, -0.15) is 5.10 Å². The highest BCUT2D eigenvalue weighted by molar-refractivity contribution is 7.47. The highest BCUT2D eigenvalue weighted by Gasteiger charge is 2.20. The van der Waals surface area contributed by atoms with Crippen LogP contribution in [0.5, 0.6) is 5.75 Å². The molecular weight excluding hydrogens is 604 g/mol. The summed E-state index contributed by atoms with van der Waals surface area (Å²) in [6, 6.07) is 12.9. The molecule has 4 rings (SSSR count). The Labute approximate surface area is 261 Å². The molecule has 45 heavy (non-hydrogen) atoms. The molecule has 1 amide bonds. The third-order valence-corrected chi connectivity index (χ3v) is 7.71. The first-order chi connectivity index (χ1) is 21.7. The van der Waals surface area contributed by atoms with E-state index in [1.54, 1.807) is 12.1 Å². The summed E-state index contributed by atoms with van der Waals surface area (Å²) in [5.74, 6) is 0.934. The van der Waals surface area contributed by atoms with E-state index in [0.717, 1.165) is 31.3 Å². The van der Waals surface area contributed by atoms with E-state index in [-0.39, 0.29) is 25.5 Å². The number of fused-ring (bicyclic) bond motifs is 1. The summed E-state index contributed by atoms with van der Waals surface area (Å²) in [7, 11) is -4.02. The number of carbonyl (C=O) groups is 1. The highest BCUT2D eigenvalue weighted by atomic mass is 31.2. The Kier molecular flexibility index (Phi) is 12.8. The number of anilines is 3. The zero-order valence-corrected chi connectivity index (χ0v) is 26.3. The zero-order valence-electron chi connectivity index (χ0n) is 25.4. The Hall–Kier alpha value is -3.94. The maximum atomic E-state index is 13.4. The number of unbranched alkanes of at least 4 members (excludes halogenated alkanes) is 1. The van der Waals surface area contributed by atoms with Gasteiger partial charge >= 0.3 is 7.82 Å². The highest BCUT2D eigenvalue weighted by Crippen LogP contribution is 2.43. The number of amides is 1. The number of likely N-dealkylation sites (N-methyl/N-ethyl adjacent to an activating group) is 1. The zero-order chi connectivity index (χ0) is 32.1. The van der Waals surface area contributed by atoms with Gasteiger partial charge in [-0.15, -0.1) is 0 Å². The molecular formula is C30H39FN7O6P. The smallest absolute Gasteiger partial charge is 0.472 e. The number of ether oxygens (including phenoxy) is 1. The molecule has 2 aromatic carbocycles. The van der Waals surface area contributed by atoms with Crippen LogP contribution in [0.25, 0.3) is 10.9 Å². The van der Waals surface area contributed by atoms with E-state index in [0.29, 0.717) is 53.9 Å². The fourth-order valence-electron chi connectivity index (χ4n) is 4.36. The summed E-state index contributed by atoms with van der Waals surface area (Å²) in [6.45, 7) is 6.75. The lowest BCUT2D eigenvalue weighted by Crippen LogP contribution is -2.29. The van der Waals surface area contributed by atoms with Crippen molar-refractivity contribution in [3.8, 4) is 5.75 Å². The number of carbonyl (C=O) groups excluding carboxylic acids is 1. The van der Waals surface area contributed by atoms with E-state index in [1.165, 1.54) is 24.5 Å². The molecule has 1 atom stereocenters. The molecule has 0 saturated carbocycles. The molecule has 242 valence electrons. The lowest BCUT2D eigenvalue weighted by atomic mass is 10.2. The summed E-state index contributed by atoms with van der Waals surface area (Å²) in [4.78, 5) is 32.9. The molecule has 2 heterocycles. The van der Waals surface area contributed by atoms with E-state index in [9.17, 15) is 18.6 Å². The summed E-state index contributed by atoms with van der Waals surface area (Å²) in [5, 5.41) is 13.6. The van der Waals surface area contributed by atoms with E-state index in [2.05, 4.69) is 35.7 Å². The largest absolute Gasteiger partial charge is 0.493 e. The minimum Gasteiger partial charge on any atom is -0.493 e. The van der Waals surface area contributed by atoms with Crippen LogP contribution in [-0.4, -0.2) is 75.3 Å². The van der Waals surface area contributed by atoms with E-state index >= 15 is 0 Å². The molecule has 4 aromatic rings. The number of nitrogens with zero attached hydrogens (tertiary/aromatic N) is 4. The van der Waals surface area contributed by atoms with Gasteiger partial charge in [0.05, 0.1) is 31.8 Å². The number of H-pyrrole nitrogens is 1. The predicted molar refractivity (Wildman–Crippen MR) is 169 cm³/mol. The van der Waals surface area contributed by atoms with E-state index in [4.69, 9.17) is 13.8 Å². The Morgan fingerprint density at radius 3 is 2.69 bits per heavy atom. The van der Waals surface area contributed by atoms with Crippen molar-refractivity contribution in [2.24, 2.45) is 0 Å². The Morgan fingerprint density at radius 2 is 1.89 bits per heavy atom. The number of hydrogen-bond acceptors (Lipinski definition) is 10. The number of hydrogen-bond donors (Lipinski definition) is 4. The van der Waals surface area contributed by atoms with Crippen molar-refractivity contribution >= 4 is 42.0 Å². The summed E-state index contributed by atoms with van der Waals surface area (Å²) in [5.41, 5.74) is 1.62. The van der Waals surface area contributed by atoms with Gasteiger partial charge in [0.25, 0.3) is 0 Å². The molecule has 0 saturated heterocycles. The average Bonchev–Trinajstić information content (AvgIpc) is 3.44. The topological polar surface area (TPSA) is 164 Å². The number of benzene rings is 2. The molecule has 1 unspecified atom stereocenters. The molecule has 0 bridgehead atoms. The third-order valence-electron chi connectivity index (χ3n) is 6.69. The second kappa shape index (κ2) is 16.9. The lowest BCUT2D eigenvalue weighted by Gasteiger charge is -2.21. The van der Waals surface area contributed by atoms with Gasteiger partial charge < -0.3 is 25.2 Å². The molecule has 15 heteroatoms. The van der Waals surface area contributed by atoms with Gasteiger partial charge in [0.2, 0.25) is 5.91 Å². The fraction of sp³-hybridized carbons (Fsp3) is 0.400. The number of rotatable bonds is 19. The van der Waals surface area contributed by atoms with Crippen molar-refractivity contribution in [1.82, 2.24) is 25.1 Å². The predicted octanol–water partition coefficient (Wildman–Crippen LogP) is 5.44. The van der Waals surface area contributed by atoms with Crippen LogP contribution in [0.15, 0.2) is 54.9 Å². The van der Waals surface area contributed by atoms with Crippen molar-refractivity contribution in [1.29, 1.82) is 0 Å². The SMILES string of the molecule is CCCCOP(=O)(O)OCCN(CC)CCCOc1ccc2c(Nc3cc(CC(=O)Nc4cccc(F)c4)[nH]n3)ncnc2c1. The quantitative estimate of drug-likeness (QED) is 0.0760. The molecule has 0 spiro atoms.